The minimum absolute atomic E-state index is 0.154. The fourth-order valence-corrected chi connectivity index (χ4v) is 6.44. The van der Waals surface area contributed by atoms with Gasteiger partial charge in [0.25, 0.3) is 0 Å². The van der Waals surface area contributed by atoms with Crippen LogP contribution in [0, 0.1) is 29.6 Å². The molecule has 3 aliphatic carbocycles. The van der Waals surface area contributed by atoms with Crippen molar-refractivity contribution < 1.29 is 9.53 Å². The molecule has 2 heteroatoms. The van der Waals surface area contributed by atoms with Gasteiger partial charge in [-0.25, -0.2) is 0 Å². The Bertz CT molecular complexity index is 451. The van der Waals surface area contributed by atoms with Gasteiger partial charge in [-0.3, -0.25) is 4.79 Å². The molecule has 0 radical (unpaired) electrons. The molecule has 162 valence electrons. The minimum Gasteiger partial charge on any atom is -0.462 e. The standard InChI is InChI=1S/C26H46O2/c1-3-5-7-9-20-11-16-25(17-12-20)28-26(27)24-15-14-22-18-21(8-6-4-2)10-13-23(22)19-24/h20-25H,3-19H2,1-2H3/t20?,21?,22-,23-,24-,25?/m1/s1. The summed E-state index contributed by atoms with van der Waals surface area (Å²) in [5, 5.41) is 0. The van der Waals surface area contributed by atoms with Gasteiger partial charge in [-0.2, -0.15) is 0 Å². The number of carbonyl (C=O) groups excluding carboxylic acids is 1. The summed E-state index contributed by atoms with van der Waals surface area (Å²) in [6.07, 6.45) is 22.3. The second-order valence-electron chi connectivity index (χ2n) is 10.4. The molecule has 0 amide bonds. The van der Waals surface area contributed by atoms with E-state index in [1.165, 1.54) is 83.5 Å². The van der Waals surface area contributed by atoms with Crippen molar-refractivity contribution in [2.75, 3.05) is 0 Å². The number of carbonyl (C=O) groups is 1. The second-order valence-corrected chi connectivity index (χ2v) is 10.4. The lowest BCUT2D eigenvalue weighted by molar-refractivity contribution is -0.158. The normalized spacial score (nSPS) is 35.9. The summed E-state index contributed by atoms with van der Waals surface area (Å²) in [4.78, 5) is 12.8. The molecule has 3 saturated carbocycles. The third-order valence-corrected chi connectivity index (χ3v) is 8.31. The van der Waals surface area contributed by atoms with E-state index in [1.807, 2.05) is 0 Å². The van der Waals surface area contributed by atoms with E-state index in [4.69, 9.17) is 4.74 Å². The van der Waals surface area contributed by atoms with E-state index in [-0.39, 0.29) is 18.0 Å². The van der Waals surface area contributed by atoms with Gasteiger partial charge < -0.3 is 4.74 Å². The highest BCUT2D eigenvalue weighted by Crippen LogP contribution is 2.46. The number of rotatable bonds is 9. The summed E-state index contributed by atoms with van der Waals surface area (Å²) in [7, 11) is 0. The van der Waals surface area contributed by atoms with Gasteiger partial charge in [0.05, 0.1) is 5.92 Å². The molecule has 2 nitrogen and oxygen atoms in total. The fraction of sp³-hybridized carbons (Fsp3) is 0.962. The predicted octanol–water partition coefficient (Wildman–Crippen LogP) is 7.69. The zero-order valence-corrected chi connectivity index (χ0v) is 18.8. The van der Waals surface area contributed by atoms with Crippen LogP contribution in [0.5, 0.6) is 0 Å². The summed E-state index contributed by atoms with van der Waals surface area (Å²) < 4.78 is 6.02. The van der Waals surface area contributed by atoms with Gasteiger partial charge in [-0.15, -0.1) is 0 Å². The first-order chi connectivity index (χ1) is 13.7. The third kappa shape index (κ3) is 6.49. The van der Waals surface area contributed by atoms with Gasteiger partial charge in [-0.05, 0) is 81.5 Å². The van der Waals surface area contributed by atoms with Crippen LogP contribution in [0.1, 0.15) is 123 Å². The molecule has 0 aromatic heterocycles. The van der Waals surface area contributed by atoms with E-state index in [9.17, 15) is 4.79 Å². The Morgan fingerprint density at radius 2 is 1.36 bits per heavy atom. The van der Waals surface area contributed by atoms with Crippen molar-refractivity contribution in [3.63, 3.8) is 0 Å². The first kappa shape index (κ1) is 22.2. The zero-order valence-electron chi connectivity index (χ0n) is 18.8. The Morgan fingerprint density at radius 1 is 0.714 bits per heavy atom. The van der Waals surface area contributed by atoms with E-state index in [0.717, 1.165) is 49.4 Å². The maximum Gasteiger partial charge on any atom is 0.309 e. The number of fused-ring (bicyclic) bond motifs is 1. The average Bonchev–Trinajstić information content (AvgIpc) is 2.73. The number of hydrogen-bond acceptors (Lipinski definition) is 2. The zero-order chi connectivity index (χ0) is 19.8. The predicted molar refractivity (Wildman–Crippen MR) is 117 cm³/mol. The van der Waals surface area contributed by atoms with Gasteiger partial charge in [-0.1, -0.05) is 65.2 Å². The molecule has 3 fully saturated rings. The van der Waals surface area contributed by atoms with E-state index >= 15 is 0 Å². The Balaban J connectivity index is 1.35. The number of unbranched alkanes of at least 4 members (excludes halogenated alkanes) is 3. The lowest BCUT2D eigenvalue weighted by Gasteiger charge is -2.42. The summed E-state index contributed by atoms with van der Waals surface area (Å²) in [6.45, 7) is 4.59. The number of hydrogen-bond donors (Lipinski definition) is 0. The van der Waals surface area contributed by atoms with E-state index < -0.39 is 0 Å². The van der Waals surface area contributed by atoms with Crippen molar-refractivity contribution in [3.8, 4) is 0 Å². The van der Waals surface area contributed by atoms with Crippen LogP contribution in [-0.2, 0) is 9.53 Å². The van der Waals surface area contributed by atoms with Crippen LogP contribution in [0.2, 0.25) is 0 Å². The molecule has 0 N–H and O–H groups in total. The maximum absolute atomic E-state index is 12.8. The van der Waals surface area contributed by atoms with E-state index in [1.54, 1.807) is 0 Å². The Labute approximate surface area is 174 Å². The van der Waals surface area contributed by atoms with E-state index in [0.29, 0.717) is 0 Å². The molecule has 0 aromatic carbocycles. The molecule has 0 aliphatic heterocycles. The van der Waals surface area contributed by atoms with Gasteiger partial charge in [0.15, 0.2) is 0 Å². The first-order valence-corrected chi connectivity index (χ1v) is 12.9. The third-order valence-electron chi connectivity index (χ3n) is 8.31. The van der Waals surface area contributed by atoms with Gasteiger partial charge in [0.1, 0.15) is 6.10 Å². The smallest absolute Gasteiger partial charge is 0.309 e. The van der Waals surface area contributed by atoms with Crippen LogP contribution in [0.4, 0.5) is 0 Å². The van der Waals surface area contributed by atoms with Crippen molar-refractivity contribution in [2.24, 2.45) is 29.6 Å². The number of esters is 1. The maximum atomic E-state index is 12.8. The summed E-state index contributed by atoms with van der Waals surface area (Å²) in [5.74, 6) is 3.92. The Kier molecular flexibility index (Phi) is 9.18. The lowest BCUT2D eigenvalue weighted by Crippen LogP contribution is -2.36. The van der Waals surface area contributed by atoms with Crippen LogP contribution in [-0.4, -0.2) is 12.1 Å². The van der Waals surface area contributed by atoms with Crippen LogP contribution < -0.4 is 0 Å². The van der Waals surface area contributed by atoms with E-state index in [2.05, 4.69) is 13.8 Å². The molecule has 28 heavy (non-hydrogen) atoms. The summed E-state index contributed by atoms with van der Waals surface area (Å²) >= 11 is 0. The Morgan fingerprint density at radius 3 is 2.11 bits per heavy atom. The van der Waals surface area contributed by atoms with Crippen LogP contribution in [0.3, 0.4) is 0 Å². The summed E-state index contributed by atoms with van der Waals surface area (Å²) in [6, 6.07) is 0. The fourth-order valence-electron chi connectivity index (χ4n) is 6.44. The molecule has 0 aromatic rings. The minimum atomic E-state index is 0.154. The number of ether oxygens (including phenoxy) is 1. The molecular weight excluding hydrogens is 344 g/mol. The highest BCUT2D eigenvalue weighted by molar-refractivity contribution is 5.72. The molecule has 1 unspecified atom stereocenters. The monoisotopic (exact) mass is 390 g/mol. The van der Waals surface area contributed by atoms with Gasteiger partial charge >= 0.3 is 5.97 Å². The topological polar surface area (TPSA) is 26.3 Å². The molecule has 3 rings (SSSR count). The van der Waals surface area contributed by atoms with Crippen molar-refractivity contribution in [1.29, 1.82) is 0 Å². The molecule has 3 aliphatic rings. The van der Waals surface area contributed by atoms with Crippen molar-refractivity contribution >= 4 is 5.97 Å². The molecule has 0 spiro atoms. The lowest BCUT2D eigenvalue weighted by atomic mass is 9.64. The summed E-state index contributed by atoms with van der Waals surface area (Å²) in [5.41, 5.74) is 0. The average molecular weight is 391 g/mol. The quantitative estimate of drug-likeness (QED) is 0.298. The van der Waals surface area contributed by atoms with Gasteiger partial charge in [0.2, 0.25) is 0 Å². The molecular formula is C26H46O2. The highest BCUT2D eigenvalue weighted by atomic mass is 16.5. The highest BCUT2D eigenvalue weighted by Gasteiger charge is 2.38. The van der Waals surface area contributed by atoms with Crippen molar-refractivity contribution in [1.82, 2.24) is 0 Å². The SMILES string of the molecule is CCCCCC1CCC(OC(=O)[C@@H]2CC[C@@H]3CC(CCCC)CC[C@@H]3C2)CC1. The molecule has 4 atom stereocenters. The van der Waals surface area contributed by atoms with Crippen LogP contribution in [0.25, 0.3) is 0 Å². The van der Waals surface area contributed by atoms with Crippen molar-refractivity contribution in [2.45, 2.75) is 129 Å². The molecule has 0 bridgehead atoms. The second kappa shape index (κ2) is 11.6. The van der Waals surface area contributed by atoms with Gasteiger partial charge in [0, 0.05) is 0 Å². The molecule has 0 saturated heterocycles. The Hall–Kier alpha value is -0.530. The molecule has 0 heterocycles. The largest absolute Gasteiger partial charge is 0.462 e. The van der Waals surface area contributed by atoms with Crippen LogP contribution in [0.15, 0.2) is 0 Å². The van der Waals surface area contributed by atoms with Crippen LogP contribution >= 0.6 is 0 Å². The first-order valence-electron chi connectivity index (χ1n) is 12.9. The van der Waals surface area contributed by atoms with Crippen molar-refractivity contribution in [3.05, 3.63) is 0 Å².